The Morgan fingerprint density at radius 3 is 2.78 bits per heavy atom. The summed E-state index contributed by atoms with van der Waals surface area (Å²) < 4.78 is 7.27. The molecule has 32 heavy (non-hydrogen) atoms. The highest BCUT2D eigenvalue weighted by Crippen LogP contribution is 2.31. The fourth-order valence-corrected chi connectivity index (χ4v) is 3.78. The number of para-hydroxylation sites is 1. The number of aromatic amines is 1. The number of hydrogen-bond donors (Lipinski definition) is 3. The van der Waals surface area contributed by atoms with Crippen molar-refractivity contribution in [3.63, 3.8) is 0 Å². The van der Waals surface area contributed by atoms with Crippen LogP contribution in [-0.2, 0) is 13.6 Å². The van der Waals surface area contributed by atoms with Gasteiger partial charge in [0.2, 0.25) is 0 Å². The predicted molar refractivity (Wildman–Crippen MR) is 125 cm³/mol. The number of carbonyl (C=O) groups is 1. The van der Waals surface area contributed by atoms with E-state index in [9.17, 15) is 4.79 Å². The van der Waals surface area contributed by atoms with Gasteiger partial charge in [-0.1, -0.05) is 36.4 Å². The summed E-state index contributed by atoms with van der Waals surface area (Å²) in [5, 5.41) is 6.92. The number of fused-ring (bicyclic) bond motifs is 3. The highest BCUT2D eigenvalue weighted by Gasteiger charge is 2.15. The van der Waals surface area contributed by atoms with Crippen LogP contribution in [0.25, 0.3) is 33.3 Å². The van der Waals surface area contributed by atoms with Crippen molar-refractivity contribution in [2.24, 2.45) is 7.05 Å². The van der Waals surface area contributed by atoms with Gasteiger partial charge < -0.3 is 24.9 Å². The molecule has 2 aromatic carbocycles. The molecule has 1 amide bonds. The van der Waals surface area contributed by atoms with E-state index in [4.69, 9.17) is 4.74 Å². The van der Waals surface area contributed by atoms with Gasteiger partial charge in [-0.3, -0.25) is 0 Å². The van der Waals surface area contributed by atoms with Gasteiger partial charge in [-0.25, -0.2) is 14.8 Å². The van der Waals surface area contributed by atoms with E-state index < -0.39 is 6.09 Å². The van der Waals surface area contributed by atoms with Crippen molar-refractivity contribution in [3.05, 3.63) is 72.6 Å². The van der Waals surface area contributed by atoms with Gasteiger partial charge in [-0.2, -0.15) is 0 Å². The second-order valence-corrected chi connectivity index (χ2v) is 7.46. The molecule has 0 fully saturated rings. The number of rotatable bonds is 5. The Morgan fingerprint density at radius 1 is 1.12 bits per heavy atom. The van der Waals surface area contributed by atoms with Crippen LogP contribution < -0.4 is 15.4 Å². The summed E-state index contributed by atoms with van der Waals surface area (Å²) >= 11 is 0. The van der Waals surface area contributed by atoms with Crippen molar-refractivity contribution >= 4 is 34.0 Å². The molecular formula is C24H22N6O2. The van der Waals surface area contributed by atoms with E-state index in [-0.39, 0.29) is 0 Å². The highest BCUT2D eigenvalue weighted by molar-refractivity contribution is 6.07. The molecule has 0 saturated carbocycles. The maximum atomic E-state index is 12.1. The van der Waals surface area contributed by atoms with Crippen LogP contribution in [0, 0.1) is 0 Å². The van der Waals surface area contributed by atoms with Gasteiger partial charge in [0.05, 0.1) is 11.8 Å². The lowest BCUT2D eigenvalue weighted by Gasteiger charge is -2.07. The van der Waals surface area contributed by atoms with Gasteiger partial charge in [0, 0.05) is 31.7 Å². The summed E-state index contributed by atoms with van der Waals surface area (Å²) in [6, 6.07) is 19.1. The molecule has 3 N–H and O–H groups in total. The first-order valence-electron chi connectivity index (χ1n) is 10.2. The van der Waals surface area contributed by atoms with E-state index in [1.807, 2.05) is 61.1 Å². The van der Waals surface area contributed by atoms with Gasteiger partial charge in [0.25, 0.3) is 0 Å². The van der Waals surface area contributed by atoms with Crippen LogP contribution in [0.2, 0.25) is 0 Å². The van der Waals surface area contributed by atoms with Crippen LogP contribution in [0.15, 0.2) is 67.0 Å². The third-order valence-electron chi connectivity index (χ3n) is 5.30. The van der Waals surface area contributed by atoms with Crippen LogP contribution in [0.3, 0.4) is 0 Å². The van der Waals surface area contributed by atoms with E-state index in [0.29, 0.717) is 12.3 Å². The number of benzene rings is 2. The minimum Gasteiger partial charge on any atom is -0.410 e. The topological polar surface area (TPSA) is 96.9 Å². The van der Waals surface area contributed by atoms with Crippen molar-refractivity contribution < 1.29 is 9.53 Å². The van der Waals surface area contributed by atoms with Crippen molar-refractivity contribution in [2.45, 2.75) is 6.54 Å². The number of pyridine rings is 1. The van der Waals surface area contributed by atoms with Gasteiger partial charge >= 0.3 is 6.09 Å². The molecular weight excluding hydrogens is 404 g/mol. The minimum absolute atomic E-state index is 0.355. The normalized spacial score (nSPS) is 11.1. The van der Waals surface area contributed by atoms with Crippen LogP contribution >= 0.6 is 0 Å². The summed E-state index contributed by atoms with van der Waals surface area (Å²) in [5.41, 5.74) is 5.54. The van der Waals surface area contributed by atoms with Gasteiger partial charge in [-0.15, -0.1) is 0 Å². The Morgan fingerprint density at radius 2 is 1.97 bits per heavy atom. The molecule has 8 nitrogen and oxygen atoms in total. The summed E-state index contributed by atoms with van der Waals surface area (Å²) in [7, 11) is 3.81. The second-order valence-electron chi connectivity index (χ2n) is 7.46. The van der Waals surface area contributed by atoms with Crippen LogP contribution in [-0.4, -0.2) is 32.7 Å². The molecule has 0 aliphatic carbocycles. The van der Waals surface area contributed by atoms with Crippen molar-refractivity contribution in [3.8, 4) is 17.0 Å². The lowest BCUT2D eigenvalue weighted by molar-refractivity contribution is 0.200. The maximum Gasteiger partial charge on any atom is 0.412 e. The first-order chi connectivity index (χ1) is 15.6. The fourth-order valence-electron chi connectivity index (χ4n) is 3.78. The number of imidazole rings is 1. The van der Waals surface area contributed by atoms with Crippen LogP contribution in [0.4, 0.5) is 10.6 Å². The predicted octanol–water partition coefficient (Wildman–Crippen LogP) is 4.45. The van der Waals surface area contributed by atoms with E-state index >= 15 is 0 Å². The molecule has 0 bridgehead atoms. The largest absolute Gasteiger partial charge is 0.412 e. The average molecular weight is 426 g/mol. The standard InChI is InChI=1S/C24H22N6O2/c1-25-23-20-21(30(2)14-27-20)18-12-19(28-22(18)29-23)16-8-6-7-15(11-16)13-26-24(31)32-17-9-4-3-5-10-17/h3-12,14H,13H2,1-2H3,(H,26,31)(H2,25,28,29). The maximum absolute atomic E-state index is 12.1. The van der Waals surface area contributed by atoms with E-state index in [1.54, 1.807) is 18.5 Å². The number of H-pyrrole nitrogens is 1. The molecule has 0 unspecified atom stereocenters. The molecule has 160 valence electrons. The third-order valence-corrected chi connectivity index (χ3v) is 5.30. The number of nitrogens with one attached hydrogen (secondary N) is 3. The van der Waals surface area contributed by atoms with Gasteiger partial charge in [0.1, 0.15) is 16.9 Å². The summed E-state index contributed by atoms with van der Waals surface area (Å²) in [6.07, 6.45) is 1.30. The molecule has 3 aromatic heterocycles. The SMILES string of the molecule is CNc1nc2[nH]c(-c3cccc(CNC(=O)Oc4ccccc4)c3)cc2c2c1ncn2C. The lowest BCUT2D eigenvalue weighted by atomic mass is 10.1. The molecule has 5 aromatic rings. The number of anilines is 1. The zero-order valence-electron chi connectivity index (χ0n) is 17.7. The Labute approximate surface area is 184 Å². The second kappa shape index (κ2) is 8.07. The first-order valence-corrected chi connectivity index (χ1v) is 10.2. The zero-order valence-corrected chi connectivity index (χ0v) is 17.7. The number of hydrogen-bond acceptors (Lipinski definition) is 5. The summed E-state index contributed by atoms with van der Waals surface area (Å²) in [4.78, 5) is 24.7. The fraction of sp³-hybridized carbons (Fsp3) is 0.125. The van der Waals surface area contributed by atoms with E-state index in [1.165, 1.54) is 0 Å². The molecule has 8 heteroatoms. The molecule has 0 saturated heterocycles. The van der Waals surface area contributed by atoms with E-state index in [2.05, 4.69) is 31.7 Å². The molecule has 0 spiro atoms. The first kappa shape index (κ1) is 19.6. The quantitative estimate of drug-likeness (QED) is 0.386. The number of aromatic nitrogens is 4. The number of nitrogens with zero attached hydrogens (tertiary/aromatic N) is 3. The molecule has 0 aliphatic rings. The number of amides is 1. The number of carbonyl (C=O) groups excluding carboxylic acids is 1. The smallest absolute Gasteiger partial charge is 0.410 e. The third kappa shape index (κ3) is 3.62. The monoisotopic (exact) mass is 426 g/mol. The highest BCUT2D eigenvalue weighted by atomic mass is 16.6. The number of ether oxygens (including phenoxy) is 1. The average Bonchev–Trinajstić information content (AvgIpc) is 3.41. The molecule has 5 rings (SSSR count). The Bertz CT molecular complexity index is 1420. The zero-order chi connectivity index (χ0) is 22.1. The summed E-state index contributed by atoms with van der Waals surface area (Å²) in [6.45, 7) is 0.355. The molecule has 0 aliphatic heterocycles. The minimum atomic E-state index is -0.491. The van der Waals surface area contributed by atoms with Gasteiger partial charge in [0.15, 0.2) is 5.82 Å². The number of aryl methyl sites for hydroxylation is 1. The van der Waals surface area contributed by atoms with Crippen molar-refractivity contribution in [2.75, 3.05) is 12.4 Å². The van der Waals surface area contributed by atoms with Crippen LogP contribution in [0.1, 0.15) is 5.56 Å². The van der Waals surface area contributed by atoms with E-state index in [0.717, 1.165) is 44.7 Å². The molecule has 0 radical (unpaired) electrons. The van der Waals surface area contributed by atoms with Crippen LogP contribution in [0.5, 0.6) is 5.75 Å². The van der Waals surface area contributed by atoms with Crippen molar-refractivity contribution in [1.29, 1.82) is 0 Å². The van der Waals surface area contributed by atoms with Gasteiger partial charge in [-0.05, 0) is 35.4 Å². The lowest BCUT2D eigenvalue weighted by Crippen LogP contribution is -2.26. The molecule has 0 atom stereocenters. The Balaban J connectivity index is 1.40. The van der Waals surface area contributed by atoms with Crippen molar-refractivity contribution in [1.82, 2.24) is 24.8 Å². The Kier molecular flexibility index (Phi) is 4.95. The summed E-state index contributed by atoms with van der Waals surface area (Å²) in [5.74, 6) is 1.24. The Hall–Kier alpha value is -4.33. The molecule has 3 heterocycles.